The second-order valence-corrected chi connectivity index (χ2v) is 7.84. The van der Waals surface area contributed by atoms with E-state index in [4.69, 9.17) is 4.74 Å². The Morgan fingerprint density at radius 1 is 1.00 bits per heavy atom. The van der Waals surface area contributed by atoms with Gasteiger partial charge in [-0.3, -0.25) is 4.79 Å². The largest absolute Gasteiger partial charge is 0.459 e. The zero-order valence-corrected chi connectivity index (χ0v) is 14.2. The molecular weight excluding hydrogens is 264 g/mol. The molecule has 0 aliphatic carbocycles. The summed E-state index contributed by atoms with van der Waals surface area (Å²) in [6.07, 6.45) is -0.859. The third kappa shape index (κ3) is 4.07. The maximum atomic E-state index is 12.8. The third-order valence-electron chi connectivity index (χ3n) is 3.56. The van der Waals surface area contributed by atoms with Crippen LogP contribution in [0.5, 0.6) is 0 Å². The van der Waals surface area contributed by atoms with Gasteiger partial charge in [-0.2, -0.15) is 0 Å². The molecule has 21 heavy (non-hydrogen) atoms. The van der Waals surface area contributed by atoms with Gasteiger partial charge in [0.05, 0.1) is 6.10 Å². The van der Waals surface area contributed by atoms with Crippen LogP contribution < -0.4 is 0 Å². The number of benzene rings is 1. The van der Waals surface area contributed by atoms with Gasteiger partial charge in [0.25, 0.3) is 0 Å². The molecule has 0 bridgehead atoms. The van der Waals surface area contributed by atoms with Crippen molar-refractivity contribution in [3.63, 3.8) is 0 Å². The van der Waals surface area contributed by atoms with Crippen LogP contribution in [0, 0.1) is 5.41 Å². The van der Waals surface area contributed by atoms with E-state index in [1.807, 2.05) is 71.9 Å². The van der Waals surface area contributed by atoms with Crippen molar-refractivity contribution in [2.45, 2.75) is 65.6 Å². The summed E-state index contributed by atoms with van der Waals surface area (Å²) in [6, 6.07) is 9.35. The molecule has 1 rings (SSSR count). The Hall–Kier alpha value is -1.35. The summed E-state index contributed by atoms with van der Waals surface area (Å²) < 4.78 is 5.57. The van der Waals surface area contributed by atoms with Crippen molar-refractivity contribution in [2.24, 2.45) is 5.41 Å². The highest BCUT2D eigenvalue weighted by atomic mass is 16.6. The van der Waals surface area contributed by atoms with E-state index in [-0.39, 0.29) is 0 Å². The molecule has 3 nitrogen and oxygen atoms in total. The van der Waals surface area contributed by atoms with Crippen LogP contribution >= 0.6 is 0 Å². The lowest BCUT2D eigenvalue weighted by Crippen LogP contribution is -2.52. The van der Waals surface area contributed by atoms with Crippen LogP contribution in [0.25, 0.3) is 0 Å². The molecule has 0 aliphatic rings. The molecule has 2 atom stereocenters. The Balaban J connectivity index is 3.34. The first-order chi connectivity index (χ1) is 9.39. The van der Waals surface area contributed by atoms with Crippen LogP contribution in [0.4, 0.5) is 0 Å². The Labute approximate surface area is 128 Å². The SMILES string of the molecule is CC(C)(C)OC(=O)C(C)(c1ccccc1)C(O)C(C)(C)C. The van der Waals surface area contributed by atoms with Gasteiger partial charge in [-0.15, -0.1) is 0 Å². The minimum absolute atomic E-state index is 0.399. The van der Waals surface area contributed by atoms with E-state index in [0.29, 0.717) is 0 Å². The van der Waals surface area contributed by atoms with E-state index < -0.39 is 28.5 Å². The average Bonchev–Trinajstić information content (AvgIpc) is 2.34. The molecule has 0 fully saturated rings. The summed E-state index contributed by atoms with van der Waals surface area (Å²) in [7, 11) is 0. The quantitative estimate of drug-likeness (QED) is 0.864. The fraction of sp³-hybridized carbons (Fsp3) is 0.611. The molecule has 0 aliphatic heterocycles. The van der Waals surface area contributed by atoms with Gasteiger partial charge in [0.1, 0.15) is 11.0 Å². The van der Waals surface area contributed by atoms with Gasteiger partial charge in [0.2, 0.25) is 0 Å². The number of hydrogen-bond donors (Lipinski definition) is 1. The van der Waals surface area contributed by atoms with Crippen molar-refractivity contribution in [1.29, 1.82) is 0 Å². The number of esters is 1. The first-order valence-corrected chi connectivity index (χ1v) is 7.36. The first kappa shape index (κ1) is 17.7. The maximum absolute atomic E-state index is 12.8. The summed E-state index contributed by atoms with van der Waals surface area (Å²) >= 11 is 0. The van der Waals surface area contributed by atoms with Crippen LogP contribution in [0.15, 0.2) is 30.3 Å². The predicted molar refractivity (Wildman–Crippen MR) is 85.1 cm³/mol. The van der Waals surface area contributed by atoms with Crippen LogP contribution in [0.3, 0.4) is 0 Å². The average molecular weight is 292 g/mol. The lowest BCUT2D eigenvalue weighted by atomic mass is 9.68. The monoisotopic (exact) mass is 292 g/mol. The molecule has 0 amide bonds. The number of aliphatic hydroxyl groups excluding tert-OH is 1. The molecule has 3 heteroatoms. The number of rotatable bonds is 3. The van der Waals surface area contributed by atoms with E-state index in [9.17, 15) is 9.90 Å². The zero-order chi connectivity index (χ0) is 16.5. The number of carbonyl (C=O) groups is 1. The van der Waals surface area contributed by atoms with E-state index in [0.717, 1.165) is 5.56 Å². The molecule has 1 aromatic rings. The van der Waals surface area contributed by atoms with Gasteiger partial charge < -0.3 is 9.84 Å². The molecule has 1 aromatic carbocycles. The van der Waals surface area contributed by atoms with Crippen molar-refractivity contribution in [1.82, 2.24) is 0 Å². The van der Waals surface area contributed by atoms with Crippen LogP contribution in [0.1, 0.15) is 54.0 Å². The molecular formula is C18H28O3. The number of hydrogen-bond acceptors (Lipinski definition) is 3. The smallest absolute Gasteiger partial charge is 0.319 e. The molecule has 1 N–H and O–H groups in total. The minimum Gasteiger partial charge on any atom is -0.459 e. The molecule has 0 saturated carbocycles. The summed E-state index contributed by atoms with van der Waals surface area (Å²) in [4.78, 5) is 12.8. The van der Waals surface area contributed by atoms with Gasteiger partial charge >= 0.3 is 5.97 Å². The van der Waals surface area contributed by atoms with Gasteiger partial charge in [-0.1, -0.05) is 51.1 Å². The highest BCUT2D eigenvalue weighted by Gasteiger charge is 2.49. The van der Waals surface area contributed by atoms with Gasteiger partial charge in [-0.05, 0) is 38.7 Å². The van der Waals surface area contributed by atoms with Crippen molar-refractivity contribution in [2.75, 3.05) is 0 Å². The maximum Gasteiger partial charge on any atom is 0.319 e. The summed E-state index contributed by atoms with van der Waals surface area (Å²) in [5.41, 5.74) is -1.37. The number of carbonyl (C=O) groups excluding carboxylic acids is 1. The highest BCUT2D eigenvalue weighted by molar-refractivity contribution is 5.84. The van der Waals surface area contributed by atoms with Crippen LogP contribution in [-0.4, -0.2) is 22.8 Å². The van der Waals surface area contributed by atoms with Gasteiger partial charge in [0, 0.05) is 0 Å². The van der Waals surface area contributed by atoms with Crippen molar-refractivity contribution in [3.8, 4) is 0 Å². The predicted octanol–water partition coefficient (Wildman–Crippen LogP) is 3.69. The van der Waals surface area contributed by atoms with E-state index in [1.54, 1.807) is 6.92 Å². The molecule has 0 spiro atoms. The molecule has 0 radical (unpaired) electrons. The second-order valence-electron chi connectivity index (χ2n) is 7.84. The van der Waals surface area contributed by atoms with Gasteiger partial charge in [0.15, 0.2) is 0 Å². The highest BCUT2D eigenvalue weighted by Crippen LogP contribution is 2.39. The van der Waals surface area contributed by atoms with Crippen molar-refractivity contribution in [3.05, 3.63) is 35.9 Å². The van der Waals surface area contributed by atoms with Crippen molar-refractivity contribution < 1.29 is 14.6 Å². The Morgan fingerprint density at radius 2 is 1.48 bits per heavy atom. The number of aliphatic hydroxyl groups is 1. The number of ether oxygens (including phenoxy) is 1. The topological polar surface area (TPSA) is 46.5 Å². The molecule has 0 saturated heterocycles. The standard InChI is InChI=1S/C18H28O3/c1-16(2,3)14(19)18(7,13-11-9-8-10-12-13)15(20)21-17(4,5)6/h8-12,14,19H,1-7H3. The summed E-state index contributed by atoms with van der Waals surface area (Å²) in [6.45, 7) is 13.0. The van der Waals surface area contributed by atoms with Crippen LogP contribution in [0.2, 0.25) is 0 Å². The minimum atomic E-state index is -1.10. The Kier molecular flexibility index (Phi) is 4.89. The first-order valence-electron chi connectivity index (χ1n) is 7.36. The summed E-state index contributed by atoms with van der Waals surface area (Å²) in [5.74, 6) is -0.399. The van der Waals surface area contributed by atoms with E-state index >= 15 is 0 Å². The fourth-order valence-electron chi connectivity index (χ4n) is 2.42. The van der Waals surface area contributed by atoms with Crippen molar-refractivity contribution >= 4 is 5.97 Å². The normalized spacial score (nSPS) is 17.0. The third-order valence-corrected chi connectivity index (χ3v) is 3.56. The Morgan fingerprint density at radius 3 is 1.86 bits per heavy atom. The molecule has 0 heterocycles. The lowest BCUT2D eigenvalue weighted by molar-refractivity contribution is -0.169. The molecule has 2 unspecified atom stereocenters. The molecule has 0 aromatic heterocycles. The zero-order valence-electron chi connectivity index (χ0n) is 14.2. The van der Waals surface area contributed by atoms with Crippen LogP contribution in [-0.2, 0) is 14.9 Å². The van der Waals surface area contributed by atoms with E-state index in [2.05, 4.69) is 0 Å². The summed E-state index contributed by atoms with van der Waals surface area (Å²) in [5, 5.41) is 10.8. The fourth-order valence-corrected chi connectivity index (χ4v) is 2.42. The molecule has 118 valence electrons. The Bertz CT molecular complexity index is 479. The van der Waals surface area contributed by atoms with E-state index in [1.165, 1.54) is 0 Å². The lowest BCUT2D eigenvalue weighted by Gasteiger charge is -2.41. The second kappa shape index (κ2) is 5.80. The van der Waals surface area contributed by atoms with Gasteiger partial charge in [-0.25, -0.2) is 0 Å².